The number of aromatic nitrogens is 1. The Morgan fingerprint density at radius 2 is 2.10 bits per heavy atom. The molecule has 0 saturated carbocycles. The van der Waals surface area contributed by atoms with Gasteiger partial charge in [-0.25, -0.2) is 9.37 Å². The number of benzene rings is 1. The molecule has 2 aromatic rings. The standard InChI is InChI=1S/C14H14FN3OS/c1-8-5-9(14(16)20)6-13(17-8)18-12-7-10(19-2)3-4-11(12)15/h3-7H,1-2H3,(H2,16,20)(H,17,18). The van der Waals surface area contributed by atoms with E-state index >= 15 is 0 Å². The Morgan fingerprint density at radius 3 is 2.75 bits per heavy atom. The molecule has 0 atom stereocenters. The van der Waals surface area contributed by atoms with Crippen molar-refractivity contribution in [3.8, 4) is 5.75 Å². The SMILES string of the molecule is COc1ccc(F)c(Nc2cc(C(N)=S)cc(C)n2)c1. The zero-order valence-electron chi connectivity index (χ0n) is 11.1. The van der Waals surface area contributed by atoms with Gasteiger partial charge in [0.25, 0.3) is 0 Å². The largest absolute Gasteiger partial charge is 0.497 e. The predicted molar refractivity (Wildman–Crippen MR) is 81.1 cm³/mol. The van der Waals surface area contributed by atoms with Crippen LogP contribution in [0.2, 0.25) is 0 Å². The quantitative estimate of drug-likeness (QED) is 0.848. The normalized spacial score (nSPS) is 10.2. The first-order valence-electron chi connectivity index (χ1n) is 5.88. The van der Waals surface area contributed by atoms with Gasteiger partial charge in [0.15, 0.2) is 0 Å². The number of hydrogen-bond donors (Lipinski definition) is 2. The van der Waals surface area contributed by atoms with E-state index in [-0.39, 0.29) is 10.7 Å². The Balaban J connectivity index is 2.36. The molecule has 0 bridgehead atoms. The zero-order valence-corrected chi connectivity index (χ0v) is 11.9. The van der Waals surface area contributed by atoms with Crippen LogP contribution in [-0.2, 0) is 0 Å². The lowest BCUT2D eigenvalue weighted by Gasteiger charge is -2.10. The first-order valence-corrected chi connectivity index (χ1v) is 6.29. The van der Waals surface area contributed by atoms with Crippen molar-refractivity contribution >= 4 is 28.7 Å². The zero-order chi connectivity index (χ0) is 14.7. The first-order chi connectivity index (χ1) is 9.49. The van der Waals surface area contributed by atoms with Crippen molar-refractivity contribution in [2.45, 2.75) is 6.92 Å². The summed E-state index contributed by atoms with van der Waals surface area (Å²) in [6.45, 7) is 1.81. The minimum Gasteiger partial charge on any atom is -0.497 e. The summed E-state index contributed by atoms with van der Waals surface area (Å²) in [4.78, 5) is 4.54. The Labute approximate surface area is 121 Å². The fourth-order valence-electron chi connectivity index (χ4n) is 1.74. The molecular weight excluding hydrogens is 277 g/mol. The third-order valence-corrected chi connectivity index (χ3v) is 2.91. The Bertz CT molecular complexity index is 661. The molecule has 0 aliphatic carbocycles. The lowest BCUT2D eigenvalue weighted by molar-refractivity contribution is 0.414. The van der Waals surface area contributed by atoms with Gasteiger partial charge >= 0.3 is 0 Å². The van der Waals surface area contributed by atoms with Gasteiger partial charge in [-0.2, -0.15) is 0 Å². The number of nitrogens with zero attached hydrogens (tertiary/aromatic N) is 1. The molecule has 6 heteroatoms. The molecule has 0 amide bonds. The molecule has 1 aromatic heterocycles. The number of anilines is 2. The van der Waals surface area contributed by atoms with Crippen molar-refractivity contribution in [1.82, 2.24) is 4.98 Å². The summed E-state index contributed by atoms with van der Waals surface area (Å²) < 4.78 is 18.8. The summed E-state index contributed by atoms with van der Waals surface area (Å²) in [5, 5.41) is 2.90. The molecule has 0 unspecified atom stereocenters. The molecule has 104 valence electrons. The van der Waals surface area contributed by atoms with Crippen LogP contribution in [0.4, 0.5) is 15.9 Å². The number of nitrogens with two attached hydrogens (primary N) is 1. The average molecular weight is 291 g/mol. The molecule has 3 N–H and O–H groups in total. The monoisotopic (exact) mass is 291 g/mol. The van der Waals surface area contributed by atoms with Crippen molar-refractivity contribution in [2.75, 3.05) is 12.4 Å². The lowest BCUT2D eigenvalue weighted by atomic mass is 10.2. The highest BCUT2D eigenvalue weighted by molar-refractivity contribution is 7.80. The van der Waals surface area contributed by atoms with Gasteiger partial charge in [0, 0.05) is 17.3 Å². The minimum absolute atomic E-state index is 0.268. The van der Waals surface area contributed by atoms with Gasteiger partial charge in [-0.1, -0.05) is 12.2 Å². The van der Waals surface area contributed by atoms with Crippen LogP contribution in [-0.4, -0.2) is 17.1 Å². The highest BCUT2D eigenvalue weighted by atomic mass is 32.1. The van der Waals surface area contributed by atoms with E-state index in [1.54, 1.807) is 24.3 Å². The van der Waals surface area contributed by atoms with E-state index in [1.165, 1.54) is 13.2 Å². The van der Waals surface area contributed by atoms with E-state index < -0.39 is 5.82 Å². The maximum Gasteiger partial charge on any atom is 0.146 e. The average Bonchev–Trinajstić information content (AvgIpc) is 2.40. The van der Waals surface area contributed by atoms with Crippen molar-refractivity contribution < 1.29 is 9.13 Å². The van der Waals surface area contributed by atoms with Crippen LogP contribution in [0, 0.1) is 12.7 Å². The molecule has 0 fully saturated rings. The molecule has 0 aliphatic rings. The Kier molecular flexibility index (Phi) is 4.14. The maximum atomic E-state index is 13.8. The van der Waals surface area contributed by atoms with Gasteiger partial charge in [-0.05, 0) is 31.2 Å². The molecular formula is C14H14FN3OS. The molecule has 1 aromatic carbocycles. The van der Waals surface area contributed by atoms with Gasteiger partial charge in [0.1, 0.15) is 22.4 Å². The van der Waals surface area contributed by atoms with E-state index in [2.05, 4.69) is 10.3 Å². The highest BCUT2D eigenvalue weighted by Gasteiger charge is 2.07. The van der Waals surface area contributed by atoms with E-state index in [1.807, 2.05) is 6.92 Å². The predicted octanol–water partition coefficient (Wildman–Crippen LogP) is 2.92. The van der Waals surface area contributed by atoms with Gasteiger partial charge in [-0.15, -0.1) is 0 Å². The van der Waals surface area contributed by atoms with Crippen LogP contribution < -0.4 is 15.8 Å². The second-order valence-electron chi connectivity index (χ2n) is 4.22. The van der Waals surface area contributed by atoms with Crippen LogP contribution in [0.25, 0.3) is 0 Å². The number of nitrogens with one attached hydrogen (secondary N) is 1. The summed E-state index contributed by atoms with van der Waals surface area (Å²) in [6.07, 6.45) is 0. The molecule has 0 aliphatic heterocycles. The maximum absolute atomic E-state index is 13.8. The second kappa shape index (κ2) is 5.83. The molecule has 20 heavy (non-hydrogen) atoms. The Morgan fingerprint density at radius 1 is 1.35 bits per heavy atom. The van der Waals surface area contributed by atoms with Crippen LogP contribution in [0.3, 0.4) is 0 Å². The number of thiocarbonyl (C=S) groups is 1. The lowest BCUT2D eigenvalue weighted by Crippen LogP contribution is -2.11. The number of rotatable bonds is 4. The summed E-state index contributed by atoms with van der Waals surface area (Å²) in [5.74, 6) is 0.627. The molecule has 2 rings (SSSR count). The van der Waals surface area contributed by atoms with Crippen molar-refractivity contribution in [2.24, 2.45) is 5.73 Å². The summed E-state index contributed by atoms with van der Waals surface area (Å²) in [6, 6.07) is 7.87. The van der Waals surface area contributed by atoms with E-state index in [0.717, 1.165) is 5.69 Å². The van der Waals surface area contributed by atoms with Crippen LogP contribution >= 0.6 is 12.2 Å². The summed E-state index contributed by atoms with van der Waals surface area (Å²) in [7, 11) is 1.52. The summed E-state index contributed by atoms with van der Waals surface area (Å²) in [5.41, 5.74) is 7.29. The minimum atomic E-state index is -0.397. The highest BCUT2D eigenvalue weighted by Crippen LogP contribution is 2.24. The number of pyridine rings is 1. The van der Waals surface area contributed by atoms with Crippen LogP contribution in [0.5, 0.6) is 5.75 Å². The molecule has 0 spiro atoms. The number of aryl methyl sites for hydroxylation is 1. The fourth-order valence-corrected chi connectivity index (χ4v) is 1.86. The molecule has 0 radical (unpaired) electrons. The third kappa shape index (κ3) is 3.21. The summed E-state index contributed by atoms with van der Waals surface area (Å²) >= 11 is 4.94. The smallest absolute Gasteiger partial charge is 0.146 e. The third-order valence-electron chi connectivity index (χ3n) is 2.67. The molecule has 0 saturated heterocycles. The Hall–Kier alpha value is -2.21. The van der Waals surface area contributed by atoms with Crippen molar-refractivity contribution in [3.63, 3.8) is 0 Å². The first kappa shape index (κ1) is 14.2. The number of halogens is 1. The van der Waals surface area contributed by atoms with Crippen molar-refractivity contribution in [1.29, 1.82) is 0 Å². The van der Waals surface area contributed by atoms with Gasteiger partial charge in [0.05, 0.1) is 12.8 Å². The van der Waals surface area contributed by atoms with Gasteiger partial charge in [0.2, 0.25) is 0 Å². The van der Waals surface area contributed by atoms with E-state index in [0.29, 0.717) is 17.1 Å². The second-order valence-corrected chi connectivity index (χ2v) is 4.66. The molecule has 4 nitrogen and oxygen atoms in total. The number of methoxy groups -OCH3 is 1. The molecule has 1 heterocycles. The van der Waals surface area contributed by atoms with Gasteiger partial charge in [-0.3, -0.25) is 0 Å². The van der Waals surface area contributed by atoms with Crippen LogP contribution in [0.1, 0.15) is 11.3 Å². The van der Waals surface area contributed by atoms with Crippen molar-refractivity contribution in [3.05, 3.63) is 47.4 Å². The fraction of sp³-hybridized carbons (Fsp3) is 0.143. The number of hydrogen-bond acceptors (Lipinski definition) is 4. The number of ether oxygens (including phenoxy) is 1. The van der Waals surface area contributed by atoms with E-state index in [4.69, 9.17) is 22.7 Å². The van der Waals surface area contributed by atoms with Gasteiger partial charge < -0.3 is 15.8 Å². The van der Waals surface area contributed by atoms with Crippen LogP contribution in [0.15, 0.2) is 30.3 Å². The van der Waals surface area contributed by atoms with E-state index in [9.17, 15) is 4.39 Å². The topological polar surface area (TPSA) is 60.2 Å².